The molecule has 4 fully saturated rings. The smallest absolute Gasteiger partial charge is 0.333 e. The number of rotatable bonds is 5. The summed E-state index contributed by atoms with van der Waals surface area (Å²) in [4.78, 5) is 17.5. The standard InChI is InChI=1S/C28H43NO7/c1-15(4-9-25(35)36-29-23(33)7-8-24(29)34)18-5-6-19-26-20(14-22(32)28(18,19)3)27(2)11-10-17(30)12-16(27)13-21(26)31/h7-8,15-22,26,30-34H,4-6,9-14H2,1-3H3/t15-,16+,17-,18?,19+,20?,21+,22?,26-,27?,28?/m1/s1. The largest absolute Gasteiger partial charge is 0.492 e. The molecule has 4 aliphatic rings. The molecule has 0 bridgehead atoms. The second kappa shape index (κ2) is 9.21. The molecule has 0 aromatic carbocycles. The molecular weight excluding hydrogens is 462 g/mol. The first-order chi connectivity index (χ1) is 17.0. The highest BCUT2D eigenvalue weighted by atomic mass is 16.7. The fourth-order valence-corrected chi connectivity index (χ4v) is 9.32. The predicted molar refractivity (Wildman–Crippen MR) is 132 cm³/mol. The van der Waals surface area contributed by atoms with Crippen molar-refractivity contribution in [1.82, 2.24) is 4.73 Å². The molecule has 202 valence electrons. The molecule has 0 spiro atoms. The van der Waals surface area contributed by atoms with Crippen molar-refractivity contribution >= 4 is 5.97 Å². The molecule has 1 aromatic rings. The van der Waals surface area contributed by atoms with E-state index >= 15 is 0 Å². The Balaban J connectivity index is 1.29. The van der Waals surface area contributed by atoms with Gasteiger partial charge in [-0.2, -0.15) is 0 Å². The van der Waals surface area contributed by atoms with E-state index in [0.29, 0.717) is 23.5 Å². The Hall–Kier alpha value is -1.77. The van der Waals surface area contributed by atoms with Crippen molar-refractivity contribution in [2.45, 2.75) is 96.9 Å². The summed E-state index contributed by atoms with van der Waals surface area (Å²) >= 11 is 0. The van der Waals surface area contributed by atoms with Gasteiger partial charge in [-0.15, -0.1) is 4.73 Å². The van der Waals surface area contributed by atoms with Crippen molar-refractivity contribution in [3.8, 4) is 11.8 Å². The molecule has 5 unspecified atom stereocenters. The highest BCUT2D eigenvalue weighted by Crippen LogP contribution is 2.68. The maximum Gasteiger partial charge on any atom is 0.333 e. The topological polar surface area (TPSA) is 132 Å². The molecule has 0 amide bonds. The molecule has 0 saturated heterocycles. The summed E-state index contributed by atoms with van der Waals surface area (Å²) in [6.45, 7) is 6.67. The summed E-state index contributed by atoms with van der Waals surface area (Å²) in [7, 11) is 0. The van der Waals surface area contributed by atoms with Crippen LogP contribution in [-0.2, 0) is 4.79 Å². The van der Waals surface area contributed by atoms with E-state index in [1.165, 1.54) is 12.1 Å². The molecule has 36 heavy (non-hydrogen) atoms. The first-order valence-corrected chi connectivity index (χ1v) is 13.8. The number of aromatic hydroxyl groups is 2. The number of nitrogens with zero attached hydrogens (tertiary/aromatic N) is 1. The summed E-state index contributed by atoms with van der Waals surface area (Å²) in [5, 5.41) is 52.8. The summed E-state index contributed by atoms with van der Waals surface area (Å²) in [5.74, 6) is 0.145. The first kappa shape index (κ1) is 25.9. The number of hydrogen-bond donors (Lipinski definition) is 5. The highest BCUT2D eigenvalue weighted by molar-refractivity contribution is 5.69. The highest BCUT2D eigenvalue weighted by Gasteiger charge is 2.65. The molecular formula is C28H43NO7. The van der Waals surface area contributed by atoms with Crippen LogP contribution in [0, 0.1) is 46.3 Å². The Morgan fingerprint density at radius 1 is 1.06 bits per heavy atom. The quantitative estimate of drug-likeness (QED) is 0.415. The monoisotopic (exact) mass is 505 g/mol. The average molecular weight is 506 g/mol. The van der Waals surface area contributed by atoms with Crippen molar-refractivity contribution < 1.29 is 35.2 Å². The van der Waals surface area contributed by atoms with Crippen LogP contribution in [0.15, 0.2) is 12.1 Å². The Labute approximate surface area is 213 Å². The normalized spacial score (nSPS) is 44.8. The van der Waals surface area contributed by atoms with Crippen molar-refractivity contribution in [2.24, 2.45) is 46.3 Å². The molecule has 0 radical (unpaired) electrons. The van der Waals surface area contributed by atoms with Crippen LogP contribution in [0.5, 0.6) is 11.8 Å². The lowest BCUT2D eigenvalue weighted by Crippen LogP contribution is -2.62. The lowest BCUT2D eigenvalue weighted by molar-refractivity contribution is -0.207. The molecule has 4 aliphatic carbocycles. The van der Waals surface area contributed by atoms with Crippen LogP contribution in [0.25, 0.3) is 0 Å². The van der Waals surface area contributed by atoms with Gasteiger partial charge in [0.1, 0.15) is 0 Å². The Bertz CT molecular complexity index is 960. The second-order valence-electron chi connectivity index (χ2n) is 12.8. The number of aromatic nitrogens is 1. The minimum absolute atomic E-state index is 0.0501. The minimum atomic E-state index is -0.534. The van der Waals surface area contributed by atoms with E-state index in [4.69, 9.17) is 4.84 Å². The van der Waals surface area contributed by atoms with E-state index in [1.54, 1.807) is 0 Å². The van der Waals surface area contributed by atoms with Crippen molar-refractivity contribution in [2.75, 3.05) is 0 Å². The molecule has 8 nitrogen and oxygen atoms in total. The number of aliphatic hydroxyl groups is 3. The van der Waals surface area contributed by atoms with Crippen LogP contribution in [0.3, 0.4) is 0 Å². The molecule has 4 saturated carbocycles. The van der Waals surface area contributed by atoms with Gasteiger partial charge in [0.15, 0.2) is 0 Å². The third-order valence-electron chi connectivity index (χ3n) is 11.3. The van der Waals surface area contributed by atoms with Crippen LogP contribution < -0.4 is 4.84 Å². The molecule has 1 aromatic heterocycles. The third-order valence-corrected chi connectivity index (χ3v) is 11.3. The van der Waals surface area contributed by atoms with Gasteiger partial charge in [-0.1, -0.05) is 20.8 Å². The van der Waals surface area contributed by atoms with E-state index in [9.17, 15) is 30.3 Å². The van der Waals surface area contributed by atoms with Crippen LogP contribution in [-0.4, -0.2) is 54.5 Å². The van der Waals surface area contributed by atoms with Gasteiger partial charge >= 0.3 is 5.97 Å². The SMILES string of the molecule is C[C@H](CCC(=O)On1c(O)ccc1O)C1CC[C@H]2[C@@H]3C(CC(O)C12C)C1(C)CC[C@@H](O)C[C@H]1C[C@@H]3O. The van der Waals surface area contributed by atoms with Gasteiger partial charge in [0, 0.05) is 18.6 Å². The maximum absolute atomic E-state index is 12.4. The van der Waals surface area contributed by atoms with Gasteiger partial charge < -0.3 is 30.4 Å². The fraction of sp³-hybridized carbons (Fsp3) is 0.821. The van der Waals surface area contributed by atoms with Gasteiger partial charge in [0.05, 0.1) is 18.3 Å². The van der Waals surface area contributed by atoms with Gasteiger partial charge in [-0.25, -0.2) is 4.79 Å². The van der Waals surface area contributed by atoms with Gasteiger partial charge in [0.25, 0.3) is 0 Å². The Kier molecular flexibility index (Phi) is 6.61. The summed E-state index contributed by atoms with van der Waals surface area (Å²) in [6, 6.07) is 2.50. The lowest BCUT2D eigenvalue weighted by Gasteiger charge is -2.63. The molecule has 1 heterocycles. The third kappa shape index (κ3) is 3.95. The van der Waals surface area contributed by atoms with Crippen molar-refractivity contribution in [1.29, 1.82) is 0 Å². The summed E-state index contributed by atoms with van der Waals surface area (Å²) < 4.78 is 0.716. The van der Waals surface area contributed by atoms with E-state index in [-0.39, 0.29) is 64.7 Å². The lowest BCUT2D eigenvalue weighted by atomic mass is 9.43. The van der Waals surface area contributed by atoms with E-state index < -0.39 is 18.2 Å². The zero-order valence-electron chi connectivity index (χ0n) is 21.7. The number of hydrogen-bond acceptors (Lipinski definition) is 7. The molecule has 11 atom stereocenters. The van der Waals surface area contributed by atoms with Crippen LogP contribution in [0.2, 0.25) is 0 Å². The van der Waals surface area contributed by atoms with E-state index in [0.717, 1.165) is 38.5 Å². The molecule has 5 N–H and O–H groups in total. The predicted octanol–water partition coefficient (Wildman–Crippen LogP) is 3.23. The van der Waals surface area contributed by atoms with Crippen LogP contribution >= 0.6 is 0 Å². The Morgan fingerprint density at radius 2 is 1.75 bits per heavy atom. The average Bonchev–Trinajstić information content (AvgIpc) is 3.34. The summed E-state index contributed by atoms with van der Waals surface area (Å²) in [5.41, 5.74) is -0.270. The van der Waals surface area contributed by atoms with Gasteiger partial charge in [-0.3, -0.25) is 0 Å². The number of carbonyl (C=O) groups is 1. The van der Waals surface area contributed by atoms with Gasteiger partial charge in [0.2, 0.25) is 11.8 Å². The number of fused-ring (bicyclic) bond motifs is 5. The summed E-state index contributed by atoms with van der Waals surface area (Å²) in [6.07, 6.45) is 5.45. The van der Waals surface area contributed by atoms with Gasteiger partial charge in [-0.05, 0) is 97.7 Å². The van der Waals surface area contributed by atoms with E-state index in [1.807, 2.05) is 0 Å². The van der Waals surface area contributed by atoms with Crippen LogP contribution in [0.4, 0.5) is 0 Å². The number of carbonyl (C=O) groups excluding carboxylic acids is 1. The van der Waals surface area contributed by atoms with Crippen molar-refractivity contribution in [3.63, 3.8) is 0 Å². The molecule has 5 rings (SSSR count). The Morgan fingerprint density at radius 3 is 2.44 bits per heavy atom. The second-order valence-corrected chi connectivity index (χ2v) is 12.8. The van der Waals surface area contributed by atoms with Crippen molar-refractivity contribution in [3.05, 3.63) is 12.1 Å². The van der Waals surface area contributed by atoms with E-state index in [2.05, 4.69) is 20.8 Å². The maximum atomic E-state index is 12.4. The zero-order valence-corrected chi connectivity index (χ0v) is 21.7. The number of aliphatic hydroxyl groups excluding tert-OH is 3. The molecule has 8 heteroatoms. The fourth-order valence-electron chi connectivity index (χ4n) is 9.32. The first-order valence-electron chi connectivity index (χ1n) is 13.8. The van der Waals surface area contributed by atoms with Crippen LogP contribution in [0.1, 0.15) is 78.6 Å². The molecule has 0 aliphatic heterocycles. The minimum Gasteiger partial charge on any atom is -0.492 e. The zero-order chi connectivity index (χ0) is 26.0.